The Balaban J connectivity index is 1.20. The normalized spacial score (nSPS) is 41.8. The number of hydrogen-bond donors (Lipinski definition) is 2. The summed E-state index contributed by atoms with van der Waals surface area (Å²) in [7, 11) is 1.52. The van der Waals surface area contributed by atoms with E-state index in [2.05, 4.69) is 54.5 Å². The van der Waals surface area contributed by atoms with Crippen LogP contribution in [0, 0.1) is 50.7 Å². The maximum absolute atomic E-state index is 13.1. The molecule has 5 nitrogen and oxygen atoms in total. The molecule has 5 aliphatic carbocycles. The average molecular weight is 619 g/mol. The van der Waals surface area contributed by atoms with Gasteiger partial charge < -0.3 is 19.7 Å². The lowest BCUT2D eigenvalue weighted by Gasteiger charge is -2.64. The highest BCUT2D eigenvalue weighted by molar-refractivity contribution is 5.87. The van der Waals surface area contributed by atoms with Crippen molar-refractivity contribution in [3.8, 4) is 11.5 Å². The number of aromatic hydroxyl groups is 1. The van der Waals surface area contributed by atoms with E-state index < -0.39 is 0 Å². The predicted octanol–water partition coefficient (Wildman–Crippen LogP) is 9.12. The summed E-state index contributed by atoms with van der Waals surface area (Å²) in [5, 5.41) is 20.9. The van der Waals surface area contributed by atoms with E-state index in [0.29, 0.717) is 34.8 Å². The van der Waals surface area contributed by atoms with Gasteiger partial charge in [-0.25, -0.2) is 4.79 Å². The number of hydrogen-bond acceptors (Lipinski definition) is 5. The largest absolute Gasteiger partial charge is 0.504 e. The molecule has 5 heteroatoms. The summed E-state index contributed by atoms with van der Waals surface area (Å²) in [5.74, 6) is 2.46. The van der Waals surface area contributed by atoms with Gasteiger partial charge in [-0.15, -0.1) is 0 Å². The van der Waals surface area contributed by atoms with Crippen LogP contribution in [-0.4, -0.2) is 35.5 Å². The van der Waals surface area contributed by atoms with Crippen molar-refractivity contribution >= 4 is 12.0 Å². The standard InChI is InChI=1S/C40H58O5/c1-36(2)30-14-11-26-24-38(5)20-17-31-37(3,4)34(45-35(43)16-10-25-9-13-28(41)29(23-25)44-8)19-22-40(31,7)32(38)15-12-27(26)39(30,6)21-18-33(36)42/h9-11,13,16,23,27,30-34,41-42H,12,14-15,17-22,24H2,1-8H3/b16-10+/t27-,30-,31+,32+,33-,34-,38-,39+,40-/m0/s1. The number of rotatable bonds is 4. The van der Waals surface area contributed by atoms with Crippen LogP contribution in [0.4, 0.5) is 0 Å². The van der Waals surface area contributed by atoms with Crippen molar-refractivity contribution in [2.75, 3.05) is 7.11 Å². The first-order valence-electron chi connectivity index (χ1n) is 17.7. The number of phenols is 1. The summed E-state index contributed by atoms with van der Waals surface area (Å²) in [4.78, 5) is 13.1. The lowest BCUT2D eigenvalue weighted by atomic mass is 9.42. The molecule has 9 atom stereocenters. The van der Waals surface area contributed by atoms with Crippen molar-refractivity contribution in [3.63, 3.8) is 0 Å². The molecular formula is C40H58O5. The molecule has 0 aliphatic heterocycles. The number of fused-ring (bicyclic) bond motifs is 6. The maximum atomic E-state index is 13.1. The van der Waals surface area contributed by atoms with E-state index in [9.17, 15) is 15.0 Å². The summed E-state index contributed by atoms with van der Waals surface area (Å²) < 4.78 is 11.4. The first-order valence-corrected chi connectivity index (χ1v) is 17.7. The highest BCUT2D eigenvalue weighted by atomic mass is 16.5. The number of allylic oxidation sites excluding steroid dienone is 2. The van der Waals surface area contributed by atoms with Gasteiger partial charge in [0.05, 0.1) is 13.2 Å². The van der Waals surface area contributed by atoms with Gasteiger partial charge in [-0.1, -0.05) is 66.2 Å². The number of phenolic OH excluding ortho intramolecular Hbond substituents is 1. The maximum Gasteiger partial charge on any atom is 0.331 e. The Labute approximate surface area is 271 Å². The monoisotopic (exact) mass is 618 g/mol. The smallest absolute Gasteiger partial charge is 0.331 e. The fourth-order valence-electron chi connectivity index (χ4n) is 12.3. The molecule has 0 saturated heterocycles. The molecule has 0 radical (unpaired) electrons. The number of benzene rings is 1. The van der Waals surface area contributed by atoms with E-state index in [0.717, 1.165) is 37.7 Å². The van der Waals surface area contributed by atoms with Gasteiger partial charge in [0.2, 0.25) is 0 Å². The second-order valence-corrected chi connectivity index (χ2v) is 17.6. The molecule has 1 aromatic rings. The van der Waals surface area contributed by atoms with Crippen LogP contribution in [0.15, 0.2) is 35.9 Å². The van der Waals surface area contributed by atoms with Gasteiger partial charge >= 0.3 is 5.97 Å². The molecule has 0 aromatic heterocycles. The third kappa shape index (κ3) is 5.18. The first-order chi connectivity index (χ1) is 21.1. The zero-order chi connectivity index (χ0) is 32.6. The average Bonchev–Trinajstić information content (AvgIpc) is 3.13. The van der Waals surface area contributed by atoms with Gasteiger partial charge in [-0.05, 0) is 133 Å². The van der Waals surface area contributed by atoms with Crippen LogP contribution in [0.2, 0.25) is 0 Å². The third-order valence-corrected chi connectivity index (χ3v) is 14.7. The van der Waals surface area contributed by atoms with E-state index in [1.165, 1.54) is 45.3 Å². The summed E-state index contributed by atoms with van der Waals surface area (Å²) in [5.41, 5.74) is 3.13. The predicted molar refractivity (Wildman–Crippen MR) is 180 cm³/mol. The van der Waals surface area contributed by atoms with E-state index in [1.807, 2.05) is 0 Å². The zero-order valence-corrected chi connectivity index (χ0v) is 29.1. The van der Waals surface area contributed by atoms with Crippen LogP contribution in [0.3, 0.4) is 0 Å². The summed E-state index contributed by atoms with van der Waals surface area (Å²) in [6.45, 7) is 17.1. The Kier molecular flexibility index (Phi) is 8.11. The topological polar surface area (TPSA) is 76.0 Å². The van der Waals surface area contributed by atoms with Crippen molar-refractivity contribution in [2.24, 2.45) is 50.7 Å². The van der Waals surface area contributed by atoms with E-state index in [4.69, 9.17) is 9.47 Å². The number of carbonyl (C=O) groups is 1. The molecule has 6 rings (SSSR count). The highest BCUT2D eigenvalue weighted by Crippen LogP contribution is 2.70. The van der Waals surface area contributed by atoms with Crippen LogP contribution < -0.4 is 4.74 Å². The lowest BCUT2D eigenvalue weighted by Crippen LogP contribution is -2.59. The number of aliphatic hydroxyl groups is 1. The highest BCUT2D eigenvalue weighted by Gasteiger charge is 2.63. The fourth-order valence-corrected chi connectivity index (χ4v) is 12.3. The molecule has 248 valence electrons. The molecule has 4 fully saturated rings. The van der Waals surface area contributed by atoms with Crippen molar-refractivity contribution in [3.05, 3.63) is 41.5 Å². The molecule has 0 unspecified atom stereocenters. The lowest BCUT2D eigenvalue weighted by molar-refractivity contribution is -0.190. The van der Waals surface area contributed by atoms with Crippen molar-refractivity contribution in [1.82, 2.24) is 0 Å². The first kappa shape index (κ1) is 32.7. The molecule has 1 aromatic carbocycles. The summed E-state index contributed by atoms with van der Waals surface area (Å²) in [6, 6.07) is 5.05. The van der Waals surface area contributed by atoms with Crippen LogP contribution in [0.5, 0.6) is 11.5 Å². The van der Waals surface area contributed by atoms with Gasteiger partial charge in [0, 0.05) is 11.5 Å². The Morgan fingerprint density at radius 1 is 0.867 bits per heavy atom. The van der Waals surface area contributed by atoms with Gasteiger partial charge in [-0.3, -0.25) is 0 Å². The van der Waals surface area contributed by atoms with Crippen molar-refractivity contribution in [2.45, 2.75) is 125 Å². The Hall–Kier alpha value is -2.27. The molecule has 5 aliphatic rings. The molecule has 0 spiro atoms. The van der Waals surface area contributed by atoms with Crippen LogP contribution in [0.25, 0.3) is 6.08 Å². The summed E-state index contributed by atoms with van der Waals surface area (Å²) >= 11 is 0. The number of aliphatic hydroxyl groups excluding tert-OH is 1. The van der Waals surface area contributed by atoms with Crippen molar-refractivity contribution in [1.29, 1.82) is 0 Å². The van der Waals surface area contributed by atoms with Crippen LogP contribution >= 0.6 is 0 Å². The van der Waals surface area contributed by atoms with E-state index >= 15 is 0 Å². The van der Waals surface area contributed by atoms with Gasteiger partial charge in [0.25, 0.3) is 0 Å². The van der Waals surface area contributed by atoms with Crippen LogP contribution in [0.1, 0.15) is 118 Å². The van der Waals surface area contributed by atoms with E-state index in [1.54, 1.807) is 29.8 Å². The molecular weight excluding hydrogens is 560 g/mol. The second-order valence-electron chi connectivity index (χ2n) is 17.6. The summed E-state index contributed by atoms with van der Waals surface area (Å²) in [6.07, 6.45) is 16.9. The molecule has 45 heavy (non-hydrogen) atoms. The number of esters is 1. The van der Waals surface area contributed by atoms with Gasteiger partial charge in [0.15, 0.2) is 11.5 Å². The minimum Gasteiger partial charge on any atom is -0.504 e. The third-order valence-electron chi connectivity index (χ3n) is 14.7. The minimum absolute atomic E-state index is 0.0407. The van der Waals surface area contributed by atoms with Crippen LogP contribution in [-0.2, 0) is 9.53 Å². The molecule has 0 heterocycles. The van der Waals surface area contributed by atoms with Gasteiger partial charge in [0.1, 0.15) is 6.10 Å². The zero-order valence-electron chi connectivity index (χ0n) is 29.1. The second kappa shape index (κ2) is 11.2. The van der Waals surface area contributed by atoms with E-state index in [-0.39, 0.29) is 45.6 Å². The Morgan fingerprint density at radius 3 is 2.33 bits per heavy atom. The van der Waals surface area contributed by atoms with Crippen molar-refractivity contribution < 1.29 is 24.5 Å². The minimum atomic E-state index is -0.307. The Morgan fingerprint density at radius 2 is 1.60 bits per heavy atom. The quantitative estimate of drug-likeness (QED) is 0.200. The number of carbonyl (C=O) groups excluding carboxylic acids is 1. The fraction of sp³-hybridized carbons (Fsp3) is 0.725. The molecule has 2 N–H and O–H groups in total. The van der Waals surface area contributed by atoms with Gasteiger partial charge in [-0.2, -0.15) is 0 Å². The molecule has 0 amide bonds. The SMILES string of the molecule is COc1cc(/C=C/C(=O)O[C@H]2CC[C@@]3(C)[C@H](CC[C@@]4(C)CC5=CC[C@H]6C(C)(C)[C@@H](O)CC[C@]6(C)[C@H]5CC[C@H]43)C2(C)C)ccc1O. The number of ether oxygens (including phenoxy) is 2. The molecule has 4 saturated carbocycles. The number of methoxy groups -OCH3 is 1. The molecule has 0 bridgehead atoms. The Bertz CT molecular complexity index is 1370.